The van der Waals surface area contributed by atoms with Crippen LogP contribution in [-0.2, 0) is 6.42 Å². The molecular formula is C13H21N3O. The summed E-state index contributed by atoms with van der Waals surface area (Å²) in [6.07, 6.45) is 8.29. The molecule has 2 N–H and O–H groups in total. The third kappa shape index (κ3) is 3.58. The maximum atomic E-state index is 5.89. The van der Waals surface area contributed by atoms with Gasteiger partial charge in [-0.2, -0.15) is 4.98 Å². The van der Waals surface area contributed by atoms with Gasteiger partial charge in [0.2, 0.25) is 5.88 Å². The lowest BCUT2D eigenvalue weighted by molar-refractivity contribution is 0.148. The number of anilines is 1. The second kappa shape index (κ2) is 5.84. The van der Waals surface area contributed by atoms with Gasteiger partial charge in [-0.15, -0.1) is 0 Å². The van der Waals surface area contributed by atoms with Crippen LogP contribution in [0, 0.1) is 0 Å². The van der Waals surface area contributed by atoms with Crippen molar-refractivity contribution in [2.24, 2.45) is 0 Å². The van der Waals surface area contributed by atoms with Gasteiger partial charge in [0.25, 0.3) is 0 Å². The van der Waals surface area contributed by atoms with Crippen molar-refractivity contribution in [2.45, 2.75) is 58.0 Å². The van der Waals surface area contributed by atoms with Crippen molar-refractivity contribution in [3.05, 3.63) is 11.9 Å². The van der Waals surface area contributed by atoms with Gasteiger partial charge in [0.05, 0.1) is 0 Å². The molecule has 4 heteroatoms. The molecule has 0 aromatic carbocycles. The Morgan fingerprint density at radius 1 is 1.29 bits per heavy atom. The van der Waals surface area contributed by atoms with Crippen molar-refractivity contribution < 1.29 is 4.74 Å². The number of rotatable bonds is 4. The Balaban J connectivity index is 2.03. The number of nitrogens with two attached hydrogens (primary N) is 1. The molecule has 0 atom stereocenters. The Kier molecular flexibility index (Phi) is 4.18. The van der Waals surface area contributed by atoms with Gasteiger partial charge in [0, 0.05) is 12.5 Å². The first kappa shape index (κ1) is 12.1. The minimum atomic E-state index is 0.313. The van der Waals surface area contributed by atoms with E-state index in [1.54, 1.807) is 6.07 Å². The van der Waals surface area contributed by atoms with E-state index in [0.29, 0.717) is 17.8 Å². The highest BCUT2D eigenvalue weighted by Crippen LogP contribution is 2.23. The van der Waals surface area contributed by atoms with Crippen LogP contribution in [-0.4, -0.2) is 16.1 Å². The van der Waals surface area contributed by atoms with E-state index in [2.05, 4.69) is 16.9 Å². The average Bonchev–Trinajstić information content (AvgIpc) is 2.30. The number of aromatic nitrogens is 2. The lowest BCUT2D eigenvalue weighted by Crippen LogP contribution is -2.20. The molecule has 0 amide bonds. The van der Waals surface area contributed by atoms with E-state index in [-0.39, 0.29) is 0 Å². The van der Waals surface area contributed by atoms with Crippen LogP contribution < -0.4 is 10.5 Å². The zero-order chi connectivity index (χ0) is 12.1. The zero-order valence-electron chi connectivity index (χ0n) is 10.5. The van der Waals surface area contributed by atoms with Gasteiger partial charge in [-0.25, -0.2) is 4.98 Å². The van der Waals surface area contributed by atoms with Crippen LogP contribution in [0.15, 0.2) is 6.07 Å². The van der Waals surface area contributed by atoms with E-state index in [4.69, 9.17) is 10.5 Å². The highest BCUT2D eigenvalue weighted by atomic mass is 16.5. The first-order chi connectivity index (χ1) is 8.28. The lowest BCUT2D eigenvalue weighted by Gasteiger charge is -2.22. The van der Waals surface area contributed by atoms with Crippen molar-refractivity contribution in [3.63, 3.8) is 0 Å². The van der Waals surface area contributed by atoms with E-state index in [0.717, 1.165) is 31.5 Å². The number of ether oxygens (including phenoxy) is 1. The van der Waals surface area contributed by atoms with E-state index in [9.17, 15) is 0 Å². The molecule has 1 aliphatic rings. The molecule has 0 aliphatic heterocycles. The smallest absolute Gasteiger partial charge is 0.218 e. The largest absolute Gasteiger partial charge is 0.474 e. The van der Waals surface area contributed by atoms with E-state index >= 15 is 0 Å². The zero-order valence-corrected chi connectivity index (χ0v) is 10.5. The molecule has 2 rings (SSSR count). The molecule has 1 aromatic heterocycles. The quantitative estimate of drug-likeness (QED) is 0.871. The van der Waals surface area contributed by atoms with Crippen molar-refractivity contribution in [3.8, 4) is 5.88 Å². The average molecular weight is 235 g/mol. The minimum absolute atomic E-state index is 0.313. The fourth-order valence-corrected chi connectivity index (χ4v) is 2.24. The third-order valence-corrected chi connectivity index (χ3v) is 3.08. The summed E-state index contributed by atoms with van der Waals surface area (Å²) in [5.41, 5.74) is 5.76. The van der Waals surface area contributed by atoms with E-state index in [1.165, 1.54) is 19.3 Å². The molecule has 4 nitrogen and oxygen atoms in total. The molecule has 1 saturated carbocycles. The Hall–Kier alpha value is -1.32. The Morgan fingerprint density at radius 2 is 2.06 bits per heavy atom. The lowest BCUT2D eigenvalue weighted by atomic mass is 9.98. The van der Waals surface area contributed by atoms with Gasteiger partial charge in [-0.1, -0.05) is 13.3 Å². The van der Waals surface area contributed by atoms with Gasteiger partial charge in [0.1, 0.15) is 17.7 Å². The second-order valence-corrected chi connectivity index (χ2v) is 4.68. The molecule has 1 aromatic rings. The summed E-state index contributed by atoms with van der Waals surface area (Å²) in [6.45, 7) is 2.11. The van der Waals surface area contributed by atoms with Gasteiger partial charge >= 0.3 is 0 Å². The van der Waals surface area contributed by atoms with Crippen molar-refractivity contribution in [2.75, 3.05) is 5.73 Å². The van der Waals surface area contributed by atoms with Crippen molar-refractivity contribution in [1.29, 1.82) is 0 Å². The number of aryl methyl sites for hydroxylation is 1. The summed E-state index contributed by atoms with van der Waals surface area (Å²) in [7, 11) is 0. The van der Waals surface area contributed by atoms with Crippen molar-refractivity contribution >= 4 is 5.82 Å². The summed E-state index contributed by atoms with van der Waals surface area (Å²) < 4.78 is 5.89. The summed E-state index contributed by atoms with van der Waals surface area (Å²) >= 11 is 0. The molecule has 94 valence electrons. The van der Waals surface area contributed by atoms with Crippen LogP contribution in [0.4, 0.5) is 5.82 Å². The fraction of sp³-hybridized carbons (Fsp3) is 0.692. The summed E-state index contributed by atoms with van der Waals surface area (Å²) in [5, 5.41) is 0. The summed E-state index contributed by atoms with van der Waals surface area (Å²) in [4.78, 5) is 8.61. The van der Waals surface area contributed by atoms with Crippen LogP contribution in [0.1, 0.15) is 51.3 Å². The SMILES string of the molecule is CCCc1nc(N)cc(OC2CCCCC2)n1. The highest BCUT2D eigenvalue weighted by molar-refractivity contribution is 5.33. The highest BCUT2D eigenvalue weighted by Gasteiger charge is 2.16. The molecule has 0 bridgehead atoms. The van der Waals surface area contributed by atoms with Crippen LogP contribution in [0.2, 0.25) is 0 Å². The predicted octanol–water partition coefficient (Wildman–Crippen LogP) is 2.72. The molecule has 1 heterocycles. The summed E-state index contributed by atoms with van der Waals surface area (Å²) in [5.74, 6) is 1.94. The van der Waals surface area contributed by atoms with E-state index in [1.807, 2.05) is 0 Å². The minimum Gasteiger partial charge on any atom is -0.474 e. The van der Waals surface area contributed by atoms with Gasteiger partial charge in [-0.05, 0) is 32.1 Å². The molecule has 0 saturated heterocycles. The van der Waals surface area contributed by atoms with Gasteiger partial charge in [0.15, 0.2) is 0 Å². The molecule has 1 fully saturated rings. The monoisotopic (exact) mass is 235 g/mol. The molecular weight excluding hydrogens is 214 g/mol. The topological polar surface area (TPSA) is 61.0 Å². The summed E-state index contributed by atoms with van der Waals surface area (Å²) in [6, 6.07) is 1.73. The first-order valence-electron chi connectivity index (χ1n) is 6.58. The standard InChI is InChI=1S/C13H21N3O/c1-2-6-12-15-11(14)9-13(16-12)17-10-7-4-3-5-8-10/h9-10H,2-8H2,1H3,(H2,14,15,16). The van der Waals surface area contributed by atoms with Gasteiger partial charge < -0.3 is 10.5 Å². The Labute approximate surface area is 103 Å². The molecule has 0 unspecified atom stereocenters. The van der Waals surface area contributed by atoms with Crippen LogP contribution in [0.25, 0.3) is 0 Å². The Morgan fingerprint density at radius 3 is 2.76 bits per heavy atom. The van der Waals surface area contributed by atoms with Crippen LogP contribution in [0.5, 0.6) is 5.88 Å². The van der Waals surface area contributed by atoms with Gasteiger partial charge in [-0.3, -0.25) is 0 Å². The molecule has 17 heavy (non-hydrogen) atoms. The number of nitrogen functional groups attached to an aromatic ring is 1. The maximum Gasteiger partial charge on any atom is 0.218 e. The maximum absolute atomic E-state index is 5.89. The Bertz CT molecular complexity index is 362. The van der Waals surface area contributed by atoms with Crippen LogP contribution in [0.3, 0.4) is 0 Å². The molecule has 0 radical (unpaired) electrons. The van der Waals surface area contributed by atoms with Crippen molar-refractivity contribution in [1.82, 2.24) is 9.97 Å². The number of hydrogen-bond acceptors (Lipinski definition) is 4. The molecule has 0 spiro atoms. The normalized spacial score (nSPS) is 17.0. The molecule has 1 aliphatic carbocycles. The fourth-order valence-electron chi connectivity index (χ4n) is 2.24. The second-order valence-electron chi connectivity index (χ2n) is 4.68. The number of hydrogen-bond donors (Lipinski definition) is 1. The third-order valence-electron chi connectivity index (χ3n) is 3.08. The predicted molar refractivity (Wildman–Crippen MR) is 67.9 cm³/mol. The first-order valence-corrected chi connectivity index (χ1v) is 6.58. The number of nitrogens with zero attached hydrogens (tertiary/aromatic N) is 2. The van der Waals surface area contributed by atoms with Crippen LogP contribution >= 0.6 is 0 Å². The van der Waals surface area contributed by atoms with E-state index < -0.39 is 0 Å².